The van der Waals surface area contributed by atoms with E-state index in [0.29, 0.717) is 6.42 Å². The Morgan fingerprint density at radius 3 is 2.76 bits per heavy atom. The van der Waals surface area contributed by atoms with Gasteiger partial charge in [-0.2, -0.15) is 0 Å². The molecule has 0 spiro atoms. The second-order valence-electron chi connectivity index (χ2n) is 5.39. The number of anilines is 2. The summed E-state index contributed by atoms with van der Waals surface area (Å²) in [6.07, 6.45) is 1.57. The van der Waals surface area contributed by atoms with Crippen molar-refractivity contribution in [1.82, 2.24) is 0 Å². The van der Waals surface area contributed by atoms with E-state index in [1.165, 1.54) is 16.8 Å². The molecule has 1 N–H and O–H groups in total. The lowest BCUT2D eigenvalue weighted by Crippen LogP contribution is -2.30. The minimum atomic E-state index is 0.0520. The summed E-state index contributed by atoms with van der Waals surface area (Å²) in [7, 11) is 0. The number of hydrogen-bond donors (Lipinski definition) is 1. The van der Waals surface area contributed by atoms with Gasteiger partial charge in [0.1, 0.15) is 0 Å². The molecule has 3 heteroatoms. The Morgan fingerprint density at radius 2 is 1.95 bits per heavy atom. The van der Waals surface area contributed by atoms with Crippen LogP contribution >= 0.6 is 0 Å². The van der Waals surface area contributed by atoms with Gasteiger partial charge >= 0.3 is 0 Å². The van der Waals surface area contributed by atoms with Crippen molar-refractivity contribution in [2.75, 3.05) is 16.8 Å². The summed E-state index contributed by atoms with van der Waals surface area (Å²) >= 11 is 0. The summed E-state index contributed by atoms with van der Waals surface area (Å²) in [4.78, 5) is 13.9. The van der Waals surface area contributed by atoms with E-state index >= 15 is 0 Å². The van der Waals surface area contributed by atoms with Gasteiger partial charge in [0.15, 0.2) is 0 Å². The minimum absolute atomic E-state index is 0.0520. The average Bonchev–Trinajstić information content (AvgIpc) is 2.54. The molecular weight excluding hydrogens is 260 g/mol. The number of benzene rings is 2. The average molecular weight is 280 g/mol. The monoisotopic (exact) mass is 280 g/mol. The molecule has 0 aromatic heterocycles. The van der Waals surface area contributed by atoms with E-state index in [2.05, 4.69) is 46.6 Å². The third-order valence-electron chi connectivity index (χ3n) is 3.95. The van der Waals surface area contributed by atoms with Crippen LogP contribution in [0.1, 0.15) is 24.5 Å². The summed E-state index contributed by atoms with van der Waals surface area (Å²) in [5.41, 5.74) is 4.88. The lowest BCUT2D eigenvalue weighted by atomic mass is 9.99. The number of nitrogens with one attached hydrogen (secondary N) is 1. The molecule has 1 heterocycles. The lowest BCUT2D eigenvalue weighted by molar-refractivity contribution is -0.115. The highest BCUT2D eigenvalue weighted by atomic mass is 16.1. The number of carbonyl (C=O) groups excluding carboxylic acids is 1. The van der Waals surface area contributed by atoms with E-state index in [1.807, 2.05) is 19.1 Å². The molecule has 0 saturated carbocycles. The van der Waals surface area contributed by atoms with Crippen molar-refractivity contribution in [2.24, 2.45) is 0 Å². The fraction of sp³-hybridized carbons (Fsp3) is 0.278. The zero-order valence-electron chi connectivity index (χ0n) is 12.3. The number of nitrogens with zero attached hydrogens (tertiary/aromatic N) is 1. The number of hydrogen-bond acceptors (Lipinski definition) is 2. The predicted octanol–water partition coefficient (Wildman–Crippen LogP) is 3.60. The molecule has 2 aromatic rings. The third-order valence-corrected chi connectivity index (χ3v) is 3.95. The summed E-state index contributed by atoms with van der Waals surface area (Å²) in [5.74, 6) is 0.0520. The highest BCUT2D eigenvalue weighted by molar-refractivity contribution is 5.91. The van der Waals surface area contributed by atoms with Gasteiger partial charge in [0, 0.05) is 30.9 Å². The predicted molar refractivity (Wildman–Crippen MR) is 86.6 cm³/mol. The van der Waals surface area contributed by atoms with Crippen LogP contribution in [0.4, 0.5) is 11.4 Å². The summed E-state index contributed by atoms with van der Waals surface area (Å²) in [6, 6.07) is 16.7. The van der Waals surface area contributed by atoms with Crippen molar-refractivity contribution in [2.45, 2.75) is 26.3 Å². The van der Waals surface area contributed by atoms with Gasteiger partial charge in [-0.25, -0.2) is 0 Å². The maximum atomic E-state index is 11.5. The first-order valence-electron chi connectivity index (χ1n) is 7.48. The maximum Gasteiger partial charge on any atom is 0.224 e. The van der Waals surface area contributed by atoms with Crippen LogP contribution in [-0.4, -0.2) is 12.5 Å². The maximum absolute atomic E-state index is 11.5. The van der Waals surface area contributed by atoms with E-state index in [-0.39, 0.29) is 5.91 Å². The second kappa shape index (κ2) is 6.00. The van der Waals surface area contributed by atoms with Crippen LogP contribution in [0.15, 0.2) is 48.5 Å². The molecule has 0 radical (unpaired) electrons. The quantitative estimate of drug-likeness (QED) is 0.931. The van der Waals surface area contributed by atoms with Gasteiger partial charge in [-0.3, -0.25) is 4.79 Å². The smallest absolute Gasteiger partial charge is 0.224 e. The Bertz CT molecular complexity index is 651. The SMILES string of the molecule is CCC(=O)Nc1cccc(N2CCc3ccccc3C2)c1. The zero-order chi connectivity index (χ0) is 14.7. The molecule has 2 aromatic carbocycles. The van der Waals surface area contributed by atoms with Gasteiger partial charge < -0.3 is 10.2 Å². The Hall–Kier alpha value is -2.29. The fourth-order valence-electron chi connectivity index (χ4n) is 2.75. The third kappa shape index (κ3) is 3.07. The molecule has 1 aliphatic heterocycles. The first-order valence-corrected chi connectivity index (χ1v) is 7.48. The second-order valence-corrected chi connectivity index (χ2v) is 5.39. The number of rotatable bonds is 3. The molecule has 0 fully saturated rings. The topological polar surface area (TPSA) is 32.3 Å². The van der Waals surface area contributed by atoms with E-state index in [9.17, 15) is 4.79 Å². The van der Waals surface area contributed by atoms with Crippen molar-refractivity contribution < 1.29 is 4.79 Å². The summed E-state index contributed by atoms with van der Waals surface area (Å²) < 4.78 is 0. The van der Waals surface area contributed by atoms with Gasteiger partial charge in [-0.1, -0.05) is 37.3 Å². The molecule has 21 heavy (non-hydrogen) atoms. The van der Waals surface area contributed by atoms with E-state index < -0.39 is 0 Å². The van der Waals surface area contributed by atoms with Gasteiger partial charge in [0.2, 0.25) is 5.91 Å². The van der Waals surface area contributed by atoms with E-state index in [1.54, 1.807) is 0 Å². The van der Waals surface area contributed by atoms with Crippen molar-refractivity contribution in [3.05, 3.63) is 59.7 Å². The van der Waals surface area contributed by atoms with E-state index in [0.717, 1.165) is 25.2 Å². The Kier molecular flexibility index (Phi) is 3.91. The van der Waals surface area contributed by atoms with Gasteiger partial charge in [-0.15, -0.1) is 0 Å². The highest BCUT2D eigenvalue weighted by Gasteiger charge is 2.16. The van der Waals surface area contributed by atoms with Crippen molar-refractivity contribution in [3.63, 3.8) is 0 Å². The Balaban J connectivity index is 1.79. The van der Waals surface area contributed by atoms with Crippen molar-refractivity contribution in [1.29, 1.82) is 0 Å². The zero-order valence-corrected chi connectivity index (χ0v) is 12.3. The number of fused-ring (bicyclic) bond motifs is 1. The van der Waals surface area contributed by atoms with E-state index in [4.69, 9.17) is 0 Å². The molecule has 0 aliphatic carbocycles. The Morgan fingerprint density at radius 1 is 1.14 bits per heavy atom. The van der Waals surface area contributed by atoms with Gasteiger partial charge in [0.05, 0.1) is 0 Å². The molecule has 0 saturated heterocycles. The normalized spacial score (nSPS) is 13.7. The van der Waals surface area contributed by atoms with Crippen LogP contribution < -0.4 is 10.2 Å². The van der Waals surface area contributed by atoms with Crippen molar-refractivity contribution in [3.8, 4) is 0 Å². The van der Waals surface area contributed by atoms with Gasteiger partial charge in [-0.05, 0) is 35.7 Å². The minimum Gasteiger partial charge on any atom is -0.367 e. The molecule has 0 atom stereocenters. The molecule has 0 bridgehead atoms. The van der Waals surface area contributed by atoms with Crippen LogP contribution in [-0.2, 0) is 17.8 Å². The molecular formula is C18H20N2O. The highest BCUT2D eigenvalue weighted by Crippen LogP contribution is 2.26. The van der Waals surface area contributed by atoms with Crippen LogP contribution in [0.5, 0.6) is 0 Å². The number of amides is 1. The molecule has 1 amide bonds. The molecule has 3 nitrogen and oxygen atoms in total. The summed E-state index contributed by atoms with van der Waals surface area (Å²) in [6.45, 7) is 3.81. The first kappa shape index (κ1) is 13.7. The lowest BCUT2D eigenvalue weighted by Gasteiger charge is -2.31. The first-order chi connectivity index (χ1) is 10.3. The van der Waals surface area contributed by atoms with Crippen LogP contribution in [0.3, 0.4) is 0 Å². The molecule has 3 rings (SSSR count). The van der Waals surface area contributed by atoms with Gasteiger partial charge in [0.25, 0.3) is 0 Å². The largest absolute Gasteiger partial charge is 0.367 e. The van der Waals surface area contributed by atoms with Crippen LogP contribution in [0, 0.1) is 0 Å². The van der Waals surface area contributed by atoms with Crippen LogP contribution in [0.25, 0.3) is 0 Å². The summed E-state index contributed by atoms with van der Waals surface area (Å²) in [5, 5.41) is 2.92. The molecule has 0 unspecified atom stereocenters. The standard InChI is InChI=1S/C18H20N2O/c1-2-18(21)19-16-8-5-9-17(12-16)20-11-10-14-6-3-4-7-15(14)13-20/h3-9,12H,2,10-11,13H2,1H3,(H,19,21). The number of carbonyl (C=O) groups is 1. The van der Waals surface area contributed by atoms with Crippen molar-refractivity contribution >= 4 is 17.3 Å². The van der Waals surface area contributed by atoms with Crippen LogP contribution in [0.2, 0.25) is 0 Å². The molecule has 108 valence electrons. The Labute approximate surface area is 125 Å². The molecule has 1 aliphatic rings. The fourth-order valence-corrected chi connectivity index (χ4v) is 2.75.